The Morgan fingerprint density at radius 3 is 2.80 bits per heavy atom. The highest BCUT2D eigenvalue weighted by atomic mass is 19.1. The van der Waals surface area contributed by atoms with Crippen LogP contribution in [0.5, 0.6) is 0 Å². The van der Waals surface area contributed by atoms with Crippen molar-refractivity contribution in [1.29, 1.82) is 0 Å². The van der Waals surface area contributed by atoms with Crippen LogP contribution in [0.4, 0.5) is 10.1 Å². The first-order valence-corrected chi connectivity index (χ1v) is 11.5. The van der Waals surface area contributed by atoms with Crippen molar-refractivity contribution in [3.05, 3.63) is 71.2 Å². The fourth-order valence-electron chi connectivity index (χ4n) is 4.78. The van der Waals surface area contributed by atoms with Gasteiger partial charge < -0.3 is 10.2 Å². The lowest BCUT2D eigenvalue weighted by Crippen LogP contribution is -2.46. The number of imidazole rings is 1. The number of aryl methyl sites for hydroxylation is 1. The minimum absolute atomic E-state index is 0.0522. The first kappa shape index (κ1) is 22.7. The van der Waals surface area contributed by atoms with E-state index in [4.69, 9.17) is 11.6 Å². The number of benzene rings is 2. The Morgan fingerprint density at radius 2 is 2.06 bits per heavy atom. The number of likely N-dealkylation sites (tertiary alicyclic amines) is 1. The molecule has 0 saturated carbocycles. The summed E-state index contributed by atoms with van der Waals surface area (Å²) in [5, 5.41) is 8.50. The molecule has 0 unspecified atom stereocenters. The number of halogens is 1. The van der Waals surface area contributed by atoms with Gasteiger partial charge in [-0.2, -0.15) is 5.10 Å². The number of nitrogens with one attached hydrogen (secondary N) is 1. The molecule has 0 radical (unpaired) electrons. The zero-order valence-corrected chi connectivity index (χ0v) is 19.9. The van der Waals surface area contributed by atoms with Gasteiger partial charge in [-0.05, 0) is 57.6 Å². The third-order valence-corrected chi connectivity index (χ3v) is 6.47. The number of rotatable bonds is 4. The maximum atomic E-state index is 14.5. The number of hydrogen-bond acceptors (Lipinski definition) is 4. The van der Waals surface area contributed by atoms with Crippen LogP contribution in [-0.4, -0.2) is 56.3 Å². The molecule has 1 aliphatic heterocycles. The fourth-order valence-corrected chi connectivity index (χ4v) is 4.78. The van der Waals surface area contributed by atoms with Crippen molar-refractivity contribution in [2.75, 3.05) is 20.1 Å². The normalized spacial score (nSPS) is 16.4. The average Bonchev–Trinajstić information content (AvgIpc) is 3.37. The van der Waals surface area contributed by atoms with Gasteiger partial charge in [-0.1, -0.05) is 12.1 Å². The van der Waals surface area contributed by atoms with Crippen LogP contribution in [0.3, 0.4) is 0 Å². The number of likely N-dealkylation sites (N-methyl/N-ethyl adjacent to an activating group) is 1. The minimum atomic E-state index is -0.622. The van der Waals surface area contributed by atoms with E-state index in [0.717, 1.165) is 42.5 Å². The average molecular weight is 472 g/mol. The predicted octanol–water partition coefficient (Wildman–Crippen LogP) is 4.25. The number of amides is 1. The predicted molar refractivity (Wildman–Crippen MR) is 132 cm³/mol. The summed E-state index contributed by atoms with van der Waals surface area (Å²) < 4.78 is 18.2. The Bertz CT molecular complexity index is 1480. The Balaban J connectivity index is 1.62. The highest BCUT2D eigenvalue weighted by molar-refractivity contribution is 5.95. The lowest BCUT2D eigenvalue weighted by molar-refractivity contribution is 0.0907. The number of nitrogens with zero attached hydrogens (tertiary/aromatic N) is 6. The molecule has 8 nitrogen and oxygen atoms in total. The van der Waals surface area contributed by atoms with E-state index < -0.39 is 5.82 Å². The van der Waals surface area contributed by atoms with Crippen LogP contribution < -0.4 is 5.32 Å². The molecule has 1 fully saturated rings. The maximum Gasteiger partial charge on any atom is 0.272 e. The second-order valence-corrected chi connectivity index (χ2v) is 9.10. The Kier molecular flexibility index (Phi) is 5.83. The van der Waals surface area contributed by atoms with E-state index in [-0.39, 0.29) is 17.6 Å². The summed E-state index contributed by atoms with van der Waals surface area (Å²) in [6.07, 6.45) is 3.86. The van der Waals surface area contributed by atoms with Gasteiger partial charge in [-0.15, -0.1) is 0 Å². The van der Waals surface area contributed by atoms with E-state index >= 15 is 0 Å². The van der Waals surface area contributed by atoms with Gasteiger partial charge in [0.2, 0.25) is 5.69 Å². The number of aromatic nitrogens is 4. The summed E-state index contributed by atoms with van der Waals surface area (Å²) in [4.78, 5) is 23.4. The highest BCUT2D eigenvalue weighted by Crippen LogP contribution is 2.31. The van der Waals surface area contributed by atoms with Crippen molar-refractivity contribution in [3.63, 3.8) is 0 Å². The van der Waals surface area contributed by atoms with Gasteiger partial charge in [0, 0.05) is 42.5 Å². The van der Waals surface area contributed by atoms with Crippen molar-refractivity contribution in [3.8, 4) is 17.1 Å². The number of hydrogen-bond donors (Lipinski definition) is 1. The number of piperidine rings is 1. The Labute approximate surface area is 202 Å². The summed E-state index contributed by atoms with van der Waals surface area (Å²) in [7, 11) is 3.91. The summed E-state index contributed by atoms with van der Waals surface area (Å²) in [5.74, 6) is -0.431. The van der Waals surface area contributed by atoms with Crippen LogP contribution in [-0.2, 0) is 7.05 Å². The molecule has 1 N–H and O–H groups in total. The Hall–Kier alpha value is -4.03. The van der Waals surface area contributed by atoms with E-state index in [1.165, 1.54) is 12.1 Å². The standard InChI is InChI=1S/C26H26FN7O/c1-16-24(26(35)29-19-6-5-11-32(3)15-19)30-25(17-7-9-23(28-2)21(27)13-17)34(16)20-8-10-22-18(12-20)14-33(4)31-22/h7-10,12-14,19H,5-6,11,15H2,1,3-4H3,(H,29,35)/t19-/m1/s1. The van der Waals surface area contributed by atoms with Crippen molar-refractivity contribution in [2.24, 2.45) is 7.05 Å². The molecular weight excluding hydrogens is 445 g/mol. The van der Waals surface area contributed by atoms with E-state index in [1.54, 1.807) is 10.7 Å². The van der Waals surface area contributed by atoms with E-state index in [9.17, 15) is 9.18 Å². The van der Waals surface area contributed by atoms with Crippen molar-refractivity contribution < 1.29 is 9.18 Å². The molecule has 1 amide bonds. The lowest BCUT2D eigenvalue weighted by atomic mass is 10.1. The molecule has 1 atom stereocenters. The number of fused-ring (bicyclic) bond motifs is 1. The van der Waals surface area contributed by atoms with Gasteiger partial charge in [0.05, 0.1) is 17.8 Å². The molecule has 1 aliphatic rings. The SMILES string of the molecule is [C-]#[N+]c1ccc(-c2nc(C(=O)N[C@@H]3CCCN(C)C3)c(C)n2-c2ccc3nn(C)cc3c2)cc1F. The minimum Gasteiger partial charge on any atom is -0.347 e. The van der Waals surface area contributed by atoms with Gasteiger partial charge in [0.15, 0.2) is 0 Å². The van der Waals surface area contributed by atoms with E-state index in [1.807, 2.05) is 50.0 Å². The smallest absolute Gasteiger partial charge is 0.272 e. The third-order valence-electron chi connectivity index (χ3n) is 6.47. The molecule has 4 aromatic rings. The van der Waals surface area contributed by atoms with Crippen molar-refractivity contribution in [2.45, 2.75) is 25.8 Å². The van der Waals surface area contributed by atoms with Crippen LogP contribution in [0, 0.1) is 19.3 Å². The molecule has 2 aromatic carbocycles. The monoisotopic (exact) mass is 471 g/mol. The molecule has 9 heteroatoms. The van der Waals surface area contributed by atoms with Crippen LogP contribution >= 0.6 is 0 Å². The fraction of sp³-hybridized carbons (Fsp3) is 0.308. The summed E-state index contributed by atoms with van der Waals surface area (Å²) in [6, 6.07) is 10.2. The molecular formula is C26H26FN7O. The highest BCUT2D eigenvalue weighted by Gasteiger charge is 2.26. The van der Waals surface area contributed by atoms with Gasteiger partial charge in [-0.3, -0.25) is 14.0 Å². The molecule has 5 rings (SSSR count). The topological polar surface area (TPSA) is 72.3 Å². The summed E-state index contributed by atoms with van der Waals surface area (Å²) >= 11 is 0. The molecule has 35 heavy (non-hydrogen) atoms. The van der Waals surface area contributed by atoms with Gasteiger partial charge in [0.25, 0.3) is 5.91 Å². The zero-order valence-electron chi connectivity index (χ0n) is 19.9. The lowest BCUT2D eigenvalue weighted by Gasteiger charge is -2.30. The summed E-state index contributed by atoms with van der Waals surface area (Å²) in [5.41, 5.74) is 3.02. The number of carbonyl (C=O) groups is 1. The molecule has 2 aromatic heterocycles. The molecule has 3 heterocycles. The third kappa shape index (κ3) is 4.29. The number of carbonyl (C=O) groups excluding carboxylic acids is 1. The molecule has 0 aliphatic carbocycles. The van der Waals surface area contributed by atoms with Crippen LogP contribution in [0.25, 0.3) is 32.8 Å². The maximum absolute atomic E-state index is 14.5. The van der Waals surface area contributed by atoms with Gasteiger partial charge >= 0.3 is 0 Å². The first-order valence-electron chi connectivity index (χ1n) is 11.5. The second kappa shape index (κ2) is 8.96. The van der Waals surface area contributed by atoms with Crippen molar-refractivity contribution >= 4 is 22.5 Å². The second-order valence-electron chi connectivity index (χ2n) is 9.10. The molecule has 178 valence electrons. The van der Waals surface area contributed by atoms with Gasteiger partial charge in [-0.25, -0.2) is 14.2 Å². The largest absolute Gasteiger partial charge is 0.347 e. The summed E-state index contributed by atoms with van der Waals surface area (Å²) in [6.45, 7) is 10.8. The van der Waals surface area contributed by atoms with Crippen molar-refractivity contribution in [1.82, 2.24) is 29.5 Å². The zero-order chi connectivity index (χ0) is 24.7. The Morgan fingerprint density at radius 1 is 1.23 bits per heavy atom. The molecule has 1 saturated heterocycles. The quantitative estimate of drug-likeness (QED) is 0.452. The van der Waals surface area contributed by atoms with Gasteiger partial charge in [0.1, 0.15) is 17.3 Å². The van der Waals surface area contributed by atoms with E-state index in [0.29, 0.717) is 22.8 Å². The van der Waals surface area contributed by atoms with Crippen LogP contribution in [0.2, 0.25) is 0 Å². The van der Waals surface area contributed by atoms with E-state index in [2.05, 4.69) is 20.2 Å². The first-order chi connectivity index (χ1) is 16.8. The molecule has 0 spiro atoms. The van der Waals surface area contributed by atoms with Crippen LogP contribution in [0.1, 0.15) is 29.0 Å². The molecule has 0 bridgehead atoms. The van der Waals surface area contributed by atoms with Crippen LogP contribution in [0.15, 0.2) is 42.6 Å².